The number of rotatable bonds is 3. The molecule has 0 aliphatic rings. The van der Waals surface area contributed by atoms with Crippen LogP contribution in [0.1, 0.15) is 15.4 Å². The summed E-state index contributed by atoms with van der Waals surface area (Å²) in [6.07, 6.45) is 0. The molecule has 26 heavy (non-hydrogen) atoms. The first-order valence-corrected chi connectivity index (χ1v) is 8.47. The maximum Gasteiger partial charge on any atom is 0.255 e. The van der Waals surface area contributed by atoms with Gasteiger partial charge >= 0.3 is 0 Å². The van der Waals surface area contributed by atoms with Gasteiger partial charge in [-0.05, 0) is 37.3 Å². The van der Waals surface area contributed by atoms with Crippen molar-refractivity contribution in [3.8, 4) is 11.4 Å². The monoisotopic (exact) mass is 371 g/mol. The molecule has 0 aliphatic carbocycles. The van der Waals surface area contributed by atoms with E-state index in [4.69, 9.17) is 4.52 Å². The van der Waals surface area contributed by atoms with E-state index in [1.165, 1.54) is 17.4 Å². The van der Waals surface area contributed by atoms with Crippen LogP contribution < -0.4 is 5.32 Å². The molecule has 4 aromatic rings. The summed E-state index contributed by atoms with van der Waals surface area (Å²) in [5.74, 6) is -2.09. The lowest BCUT2D eigenvalue weighted by Crippen LogP contribution is -2.13. The minimum Gasteiger partial charge on any atom is -0.356 e. The highest BCUT2D eigenvalue weighted by molar-refractivity contribution is 7.09. The van der Waals surface area contributed by atoms with Crippen molar-refractivity contribution < 1.29 is 18.1 Å². The van der Waals surface area contributed by atoms with Gasteiger partial charge in [0.05, 0.1) is 16.1 Å². The Morgan fingerprint density at radius 2 is 2.04 bits per heavy atom. The first-order valence-electron chi connectivity index (χ1n) is 7.59. The third-order valence-electron chi connectivity index (χ3n) is 3.77. The number of amides is 1. The Kier molecular flexibility index (Phi) is 3.96. The summed E-state index contributed by atoms with van der Waals surface area (Å²) in [6, 6.07) is 7.71. The summed E-state index contributed by atoms with van der Waals surface area (Å²) >= 11 is 1.48. The lowest BCUT2D eigenvalue weighted by atomic mass is 10.1. The molecular weight excluding hydrogens is 360 g/mol. The van der Waals surface area contributed by atoms with E-state index in [0.29, 0.717) is 28.4 Å². The van der Waals surface area contributed by atoms with Crippen molar-refractivity contribution in [2.24, 2.45) is 0 Å². The van der Waals surface area contributed by atoms with Crippen molar-refractivity contribution in [1.82, 2.24) is 10.1 Å². The highest BCUT2D eigenvalue weighted by atomic mass is 32.1. The van der Waals surface area contributed by atoms with Crippen molar-refractivity contribution in [2.45, 2.75) is 6.92 Å². The maximum absolute atomic E-state index is 13.7. The number of carbonyl (C=O) groups is 1. The first-order chi connectivity index (χ1) is 12.5. The predicted octanol–water partition coefficient (Wildman–Crippen LogP) is 4.79. The van der Waals surface area contributed by atoms with Crippen molar-refractivity contribution >= 4 is 33.9 Å². The summed E-state index contributed by atoms with van der Waals surface area (Å²) in [6.45, 7) is 1.88. The fraction of sp³-hybridized carbons (Fsp3) is 0.0556. The zero-order valence-corrected chi connectivity index (χ0v) is 14.2. The Labute approximate surface area is 150 Å². The van der Waals surface area contributed by atoms with Crippen molar-refractivity contribution in [3.63, 3.8) is 0 Å². The summed E-state index contributed by atoms with van der Waals surface area (Å²) in [5.41, 5.74) is 1.89. The largest absolute Gasteiger partial charge is 0.356 e. The predicted molar refractivity (Wildman–Crippen MR) is 94.2 cm³/mol. The van der Waals surface area contributed by atoms with Crippen molar-refractivity contribution in [2.75, 3.05) is 5.32 Å². The number of carbonyl (C=O) groups excluding carboxylic acids is 1. The van der Waals surface area contributed by atoms with Gasteiger partial charge in [0.25, 0.3) is 5.91 Å². The molecule has 0 spiro atoms. The van der Waals surface area contributed by atoms with Crippen LogP contribution in [0.2, 0.25) is 0 Å². The molecule has 8 heteroatoms. The van der Waals surface area contributed by atoms with Gasteiger partial charge in [0.1, 0.15) is 23.0 Å². The number of aryl methyl sites for hydroxylation is 1. The number of nitrogens with zero attached hydrogens (tertiary/aromatic N) is 2. The highest BCUT2D eigenvalue weighted by Gasteiger charge is 2.16. The molecule has 2 heterocycles. The molecule has 0 fully saturated rings. The van der Waals surface area contributed by atoms with Gasteiger partial charge in [-0.25, -0.2) is 13.8 Å². The smallest absolute Gasteiger partial charge is 0.255 e. The van der Waals surface area contributed by atoms with Crippen molar-refractivity contribution in [1.29, 1.82) is 0 Å². The number of benzene rings is 2. The second-order valence-corrected chi connectivity index (χ2v) is 6.63. The van der Waals surface area contributed by atoms with Gasteiger partial charge in [-0.3, -0.25) is 4.79 Å². The summed E-state index contributed by atoms with van der Waals surface area (Å²) in [4.78, 5) is 16.8. The summed E-state index contributed by atoms with van der Waals surface area (Å²) in [7, 11) is 0. The molecule has 0 saturated heterocycles. The van der Waals surface area contributed by atoms with Crippen LogP contribution in [0.4, 0.5) is 14.5 Å². The molecule has 0 saturated carbocycles. The molecule has 0 radical (unpaired) electrons. The average molecular weight is 371 g/mol. The quantitative estimate of drug-likeness (QED) is 0.562. The molecule has 0 unspecified atom stereocenters. The summed E-state index contributed by atoms with van der Waals surface area (Å²) < 4.78 is 32.0. The topological polar surface area (TPSA) is 68.0 Å². The number of halogens is 2. The molecule has 5 nitrogen and oxygen atoms in total. The Hall–Kier alpha value is -3.13. The van der Waals surface area contributed by atoms with E-state index in [0.717, 1.165) is 11.1 Å². The number of thiazole rings is 1. The minimum atomic E-state index is -0.844. The van der Waals surface area contributed by atoms with Crippen LogP contribution in [-0.4, -0.2) is 16.0 Å². The lowest BCUT2D eigenvalue weighted by Gasteiger charge is -2.06. The van der Waals surface area contributed by atoms with Crippen LogP contribution >= 0.6 is 11.3 Å². The highest BCUT2D eigenvalue weighted by Crippen LogP contribution is 2.29. The number of fused-ring (bicyclic) bond motifs is 1. The fourth-order valence-electron chi connectivity index (χ4n) is 2.52. The van der Waals surface area contributed by atoms with Crippen molar-refractivity contribution in [3.05, 3.63) is 64.0 Å². The van der Waals surface area contributed by atoms with E-state index in [2.05, 4.69) is 15.5 Å². The lowest BCUT2D eigenvalue weighted by molar-refractivity contribution is 0.102. The molecule has 1 amide bonds. The molecule has 2 aromatic carbocycles. The molecule has 0 atom stereocenters. The van der Waals surface area contributed by atoms with E-state index < -0.39 is 17.5 Å². The van der Waals surface area contributed by atoms with Crippen LogP contribution in [0.3, 0.4) is 0 Å². The Balaban J connectivity index is 1.69. The van der Waals surface area contributed by atoms with Gasteiger partial charge in [-0.2, -0.15) is 0 Å². The molecule has 1 N–H and O–H groups in total. The number of aromatic nitrogens is 2. The van der Waals surface area contributed by atoms with E-state index >= 15 is 0 Å². The minimum absolute atomic E-state index is 0.0998. The standard InChI is InChI=1S/C18H11F2N3O2S/c1-9-21-15(8-26-9)17-12-6-10(2-5-16(12)25-23-17)18(24)22-14-4-3-11(19)7-13(14)20/h2-8H,1H3,(H,22,24). The van der Waals surface area contributed by atoms with Gasteiger partial charge in [0, 0.05) is 17.0 Å². The first kappa shape index (κ1) is 16.3. The van der Waals surface area contributed by atoms with Gasteiger partial charge in [-0.15, -0.1) is 11.3 Å². The fourth-order valence-corrected chi connectivity index (χ4v) is 3.12. The average Bonchev–Trinajstić information content (AvgIpc) is 3.22. The van der Waals surface area contributed by atoms with Crippen LogP contribution in [0.15, 0.2) is 46.3 Å². The number of nitrogens with one attached hydrogen (secondary N) is 1. The molecule has 4 rings (SSSR count). The van der Waals surface area contributed by atoms with E-state index in [-0.39, 0.29) is 11.3 Å². The van der Waals surface area contributed by atoms with E-state index in [1.54, 1.807) is 18.2 Å². The molecule has 2 aromatic heterocycles. The second-order valence-electron chi connectivity index (χ2n) is 5.57. The molecular formula is C18H11F2N3O2S. The van der Waals surface area contributed by atoms with Crippen LogP contribution in [0.5, 0.6) is 0 Å². The Morgan fingerprint density at radius 1 is 1.19 bits per heavy atom. The zero-order valence-electron chi connectivity index (χ0n) is 13.4. The van der Waals surface area contributed by atoms with Crippen LogP contribution in [0, 0.1) is 18.6 Å². The normalized spacial score (nSPS) is 11.0. The van der Waals surface area contributed by atoms with E-state index in [9.17, 15) is 13.6 Å². The third-order valence-corrected chi connectivity index (χ3v) is 4.55. The van der Waals surface area contributed by atoms with Gasteiger partial charge in [0.15, 0.2) is 5.58 Å². The molecule has 130 valence electrons. The molecule has 0 bridgehead atoms. The maximum atomic E-state index is 13.7. The SMILES string of the molecule is Cc1nc(-c2noc3ccc(C(=O)Nc4ccc(F)cc4F)cc23)cs1. The summed E-state index contributed by atoms with van der Waals surface area (Å²) in [5, 5.41) is 9.82. The third kappa shape index (κ3) is 2.95. The van der Waals surface area contributed by atoms with Gasteiger partial charge < -0.3 is 9.84 Å². The Morgan fingerprint density at radius 3 is 2.77 bits per heavy atom. The number of hydrogen-bond acceptors (Lipinski definition) is 5. The zero-order chi connectivity index (χ0) is 18.3. The van der Waals surface area contributed by atoms with Gasteiger partial charge in [0.2, 0.25) is 0 Å². The van der Waals surface area contributed by atoms with Crippen LogP contribution in [-0.2, 0) is 0 Å². The second kappa shape index (κ2) is 6.30. The van der Waals surface area contributed by atoms with Gasteiger partial charge in [-0.1, -0.05) is 5.16 Å². The molecule has 0 aliphatic heterocycles. The van der Waals surface area contributed by atoms with E-state index in [1.807, 2.05) is 12.3 Å². The Bertz CT molecular complexity index is 1140. The van der Waals surface area contributed by atoms with Crippen LogP contribution in [0.25, 0.3) is 22.4 Å². The number of anilines is 1. The number of hydrogen-bond donors (Lipinski definition) is 1.